The van der Waals surface area contributed by atoms with Crippen LogP contribution in [0, 0.1) is 20.8 Å². The molecule has 0 spiro atoms. The summed E-state index contributed by atoms with van der Waals surface area (Å²) in [5.74, 6) is 0.855. The number of nitrogens with two attached hydrogens (primary N) is 1. The molecule has 4 nitrogen and oxygen atoms in total. The van der Waals surface area contributed by atoms with Crippen LogP contribution < -0.4 is 10.5 Å². The van der Waals surface area contributed by atoms with Crippen molar-refractivity contribution in [2.24, 2.45) is 12.8 Å². The summed E-state index contributed by atoms with van der Waals surface area (Å²) in [6, 6.07) is 4.19. The highest BCUT2D eigenvalue weighted by Crippen LogP contribution is 2.34. The van der Waals surface area contributed by atoms with E-state index in [4.69, 9.17) is 10.5 Å². The number of hydrogen-bond acceptors (Lipinski definition) is 3. The first-order chi connectivity index (χ1) is 8.99. The second-order valence-electron chi connectivity index (χ2n) is 4.88. The van der Waals surface area contributed by atoms with Crippen LogP contribution in [0.4, 0.5) is 0 Å². The Morgan fingerprint density at radius 3 is 2.37 bits per heavy atom. The third kappa shape index (κ3) is 2.24. The van der Waals surface area contributed by atoms with Crippen molar-refractivity contribution in [1.29, 1.82) is 0 Å². The zero-order valence-corrected chi connectivity index (χ0v) is 12.2. The van der Waals surface area contributed by atoms with E-state index < -0.39 is 0 Å². The minimum Gasteiger partial charge on any atom is -0.496 e. The van der Waals surface area contributed by atoms with Gasteiger partial charge in [0, 0.05) is 19.2 Å². The molecule has 4 heteroatoms. The monoisotopic (exact) mass is 259 g/mol. The third-order valence-corrected chi connectivity index (χ3v) is 3.69. The molecule has 1 aromatic heterocycles. The second kappa shape index (κ2) is 5.05. The Balaban J connectivity index is 2.68. The van der Waals surface area contributed by atoms with Crippen LogP contribution in [0.1, 0.15) is 22.4 Å². The summed E-state index contributed by atoms with van der Waals surface area (Å²) < 4.78 is 7.34. The van der Waals surface area contributed by atoms with Gasteiger partial charge < -0.3 is 10.5 Å². The van der Waals surface area contributed by atoms with Gasteiger partial charge in [0.2, 0.25) is 0 Å². The van der Waals surface area contributed by atoms with Gasteiger partial charge in [0.25, 0.3) is 0 Å². The summed E-state index contributed by atoms with van der Waals surface area (Å²) in [7, 11) is 3.61. The van der Waals surface area contributed by atoms with Crippen molar-refractivity contribution >= 4 is 0 Å². The smallest absolute Gasteiger partial charge is 0.128 e. The van der Waals surface area contributed by atoms with E-state index in [1.165, 1.54) is 11.1 Å². The fourth-order valence-electron chi connectivity index (χ4n) is 2.35. The zero-order chi connectivity index (χ0) is 14.2. The van der Waals surface area contributed by atoms with Gasteiger partial charge in [0.15, 0.2) is 0 Å². The van der Waals surface area contributed by atoms with Crippen molar-refractivity contribution in [1.82, 2.24) is 9.78 Å². The van der Waals surface area contributed by atoms with Crippen molar-refractivity contribution in [3.63, 3.8) is 0 Å². The second-order valence-corrected chi connectivity index (χ2v) is 4.88. The van der Waals surface area contributed by atoms with Gasteiger partial charge in [-0.05, 0) is 49.6 Å². The lowest BCUT2D eigenvalue weighted by atomic mass is 10.0. The molecular weight excluding hydrogens is 238 g/mol. The van der Waals surface area contributed by atoms with Crippen LogP contribution in [0.3, 0.4) is 0 Å². The normalized spacial score (nSPS) is 10.8. The maximum atomic E-state index is 5.78. The molecule has 0 aliphatic rings. The molecule has 0 saturated heterocycles. The Kier molecular flexibility index (Phi) is 3.62. The number of methoxy groups -OCH3 is 1. The maximum Gasteiger partial charge on any atom is 0.128 e. The summed E-state index contributed by atoms with van der Waals surface area (Å²) in [5.41, 5.74) is 12.4. The van der Waals surface area contributed by atoms with Crippen LogP contribution in [-0.4, -0.2) is 16.9 Å². The van der Waals surface area contributed by atoms with E-state index >= 15 is 0 Å². The van der Waals surface area contributed by atoms with E-state index in [0.717, 1.165) is 28.3 Å². The van der Waals surface area contributed by atoms with E-state index in [1.54, 1.807) is 7.11 Å². The molecule has 0 atom stereocenters. The Morgan fingerprint density at radius 1 is 1.21 bits per heavy atom. The molecule has 0 saturated carbocycles. The third-order valence-electron chi connectivity index (χ3n) is 3.69. The molecular formula is C15H21N3O. The highest BCUT2D eigenvalue weighted by molar-refractivity contribution is 5.72. The lowest BCUT2D eigenvalue weighted by molar-refractivity contribution is 0.416. The molecule has 1 aromatic carbocycles. The molecule has 0 fully saturated rings. The van der Waals surface area contributed by atoms with Crippen LogP contribution in [-0.2, 0) is 13.6 Å². The fourth-order valence-corrected chi connectivity index (χ4v) is 2.35. The SMILES string of the molecule is COc1cc(C)c(C)cc1-c1nn(C)c(CN)c1C. The number of aryl methyl sites for hydroxylation is 3. The van der Waals surface area contributed by atoms with Gasteiger partial charge in [0.05, 0.1) is 18.5 Å². The molecule has 0 aliphatic carbocycles. The Labute approximate surface area is 114 Å². The molecule has 0 unspecified atom stereocenters. The van der Waals surface area contributed by atoms with Crippen molar-refractivity contribution in [2.45, 2.75) is 27.3 Å². The molecule has 2 rings (SSSR count). The molecule has 102 valence electrons. The summed E-state index contributed by atoms with van der Waals surface area (Å²) >= 11 is 0. The average molecular weight is 259 g/mol. The van der Waals surface area contributed by atoms with Gasteiger partial charge in [-0.3, -0.25) is 4.68 Å². The van der Waals surface area contributed by atoms with E-state index in [9.17, 15) is 0 Å². The maximum absolute atomic E-state index is 5.78. The molecule has 2 N–H and O–H groups in total. The summed E-state index contributed by atoms with van der Waals surface area (Å²) in [6.07, 6.45) is 0. The van der Waals surface area contributed by atoms with Crippen molar-refractivity contribution < 1.29 is 4.74 Å². The van der Waals surface area contributed by atoms with Crippen LogP contribution in [0.2, 0.25) is 0 Å². The van der Waals surface area contributed by atoms with Crippen LogP contribution in [0.25, 0.3) is 11.3 Å². The molecule has 0 amide bonds. The van der Waals surface area contributed by atoms with E-state index in [1.807, 2.05) is 11.7 Å². The molecule has 0 aliphatic heterocycles. The molecule has 2 aromatic rings. The van der Waals surface area contributed by atoms with Gasteiger partial charge in [-0.2, -0.15) is 5.10 Å². The number of aromatic nitrogens is 2. The quantitative estimate of drug-likeness (QED) is 0.921. The van der Waals surface area contributed by atoms with Gasteiger partial charge in [-0.1, -0.05) is 0 Å². The van der Waals surface area contributed by atoms with Crippen LogP contribution in [0.5, 0.6) is 5.75 Å². The van der Waals surface area contributed by atoms with E-state index in [0.29, 0.717) is 6.54 Å². The van der Waals surface area contributed by atoms with E-state index in [2.05, 4.69) is 38.0 Å². The predicted octanol–water partition coefficient (Wildman–Crippen LogP) is 2.48. The van der Waals surface area contributed by atoms with Crippen LogP contribution >= 0.6 is 0 Å². The average Bonchev–Trinajstić information content (AvgIpc) is 2.67. The zero-order valence-electron chi connectivity index (χ0n) is 12.2. The van der Waals surface area contributed by atoms with Crippen molar-refractivity contribution in [2.75, 3.05) is 7.11 Å². The number of rotatable bonds is 3. The molecule has 1 heterocycles. The first-order valence-corrected chi connectivity index (χ1v) is 6.37. The fraction of sp³-hybridized carbons (Fsp3) is 0.400. The molecule has 0 bridgehead atoms. The van der Waals surface area contributed by atoms with Gasteiger partial charge >= 0.3 is 0 Å². The minimum absolute atomic E-state index is 0.489. The molecule has 19 heavy (non-hydrogen) atoms. The number of hydrogen-bond donors (Lipinski definition) is 1. The topological polar surface area (TPSA) is 53.1 Å². The highest BCUT2D eigenvalue weighted by atomic mass is 16.5. The van der Waals surface area contributed by atoms with Gasteiger partial charge in [-0.15, -0.1) is 0 Å². The van der Waals surface area contributed by atoms with Gasteiger partial charge in [-0.25, -0.2) is 0 Å². The Morgan fingerprint density at radius 2 is 1.84 bits per heavy atom. The summed E-state index contributed by atoms with van der Waals surface area (Å²) in [5, 5.41) is 4.59. The lowest BCUT2D eigenvalue weighted by Crippen LogP contribution is -2.05. The predicted molar refractivity (Wildman–Crippen MR) is 77.3 cm³/mol. The highest BCUT2D eigenvalue weighted by Gasteiger charge is 2.17. The minimum atomic E-state index is 0.489. The first kappa shape index (κ1) is 13.6. The number of nitrogens with zero attached hydrogens (tertiary/aromatic N) is 2. The largest absolute Gasteiger partial charge is 0.496 e. The van der Waals surface area contributed by atoms with Crippen molar-refractivity contribution in [3.8, 4) is 17.0 Å². The Bertz CT molecular complexity index is 614. The molecule has 0 radical (unpaired) electrons. The lowest BCUT2D eigenvalue weighted by Gasteiger charge is -2.11. The Hall–Kier alpha value is -1.81. The van der Waals surface area contributed by atoms with Crippen LogP contribution in [0.15, 0.2) is 12.1 Å². The van der Waals surface area contributed by atoms with E-state index in [-0.39, 0.29) is 0 Å². The standard InChI is InChI=1S/C15H21N3O/c1-9-6-12(14(19-5)7-10(9)2)15-11(3)13(8-16)18(4)17-15/h6-7H,8,16H2,1-5H3. The van der Waals surface area contributed by atoms with Crippen molar-refractivity contribution in [3.05, 3.63) is 34.5 Å². The summed E-state index contributed by atoms with van der Waals surface area (Å²) in [6.45, 7) is 6.72. The number of benzene rings is 1. The van der Waals surface area contributed by atoms with Gasteiger partial charge in [0.1, 0.15) is 5.75 Å². The first-order valence-electron chi connectivity index (χ1n) is 6.37. The summed E-state index contributed by atoms with van der Waals surface area (Å²) in [4.78, 5) is 0. The number of ether oxygens (including phenoxy) is 1.